The van der Waals surface area contributed by atoms with Crippen molar-refractivity contribution in [1.29, 1.82) is 0 Å². The summed E-state index contributed by atoms with van der Waals surface area (Å²) in [6.45, 7) is 2.28. The van der Waals surface area contributed by atoms with Crippen LogP contribution in [-0.4, -0.2) is 9.78 Å². The molecular weight excluding hydrogens is 215 g/mol. The van der Waals surface area contributed by atoms with Crippen molar-refractivity contribution < 1.29 is 4.39 Å². The van der Waals surface area contributed by atoms with Gasteiger partial charge in [0.25, 0.3) is 0 Å². The van der Waals surface area contributed by atoms with Crippen LogP contribution in [0.2, 0.25) is 5.02 Å². The van der Waals surface area contributed by atoms with Gasteiger partial charge in [-0.1, -0.05) is 17.7 Å². The van der Waals surface area contributed by atoms with Crippen molar-refractivity contribution >= 4 is 11.6 Å². The van der Waals surface area contributed by atoms with Crippen molar-refractivity contribution in [1.82, 2.24) is 9.78 Å². The van der Waals surface area contributed by atoms with Crippen LogP contribution in [0.1, 0.15) is 11.3 Å². The Hall–Kier alpha value is -1.35. The molecule has 15 heavy (non-hydrogen) atoms. The van der Waals surface area contributed by atoms with E-state index in [1.54, 1.807) is 23.0 Å². The van der Waals surface area contributed by atoms with Crippen molar-refractivity contribution in [2.24, 2.45) is 0 Å². The second kappa shape index (κ2) is 4.03. The van der Waals surface area contributed by atoms with Crippen molar-refractivity contribution in [2.45, 2.75) is 13.5 Å². The Morgan fingerprint density at radius 2 is 2.20 bits per heavy atom. The Morgan fingerprint density at radius 3 is 2.80 bits per heavy atom. The van der Waals surface area contributed by atoms with E-state index in [-0.39, 0.29) is 5.82 Å². The molecule has 0 bridgehead atoms. The van der Waals surface area contributed by atoms with Gasteiger partial charge in [0.1, 0.15) is 5.82 Å². The third kappa shape index (κ3) is 2.02. The molecule has 0 aliphatic rings. The van der Waals surface area contributed by atoms with Gasteiger partial charge >= 0.3 is 0 Å². The summed E-state index contributed by atoms with van der Waals surface area (Å²) in [4.78, 5) is 0. The maximum atomic E-state index is 13.4. The van der Waals surface area contributed by atoms with Crippen molar-refractivity contribution in [3.8, 4) is 0 Å². The van der Waals surface area contributed by atoms with E-state index in [4.69, 9.17) is 11.6 Å². The highest BCUT2D eigenvalue weighted by atomic mass is 35.5. The molecule has 0 amide bonds. The highest BCUT2D eigenvalue weighted by molar-refractivity contribution is 6.31. The Labute approximate surface area is 92.3 Å². The lowest BCUT2D eigenvalue weighted by Crippen LogP contribution is -2.05. The molecule has 2 rings (SSSR count). The molecular formula is C11H10ClFN2. The lowest BCUT2D eigenvalue weighted by Gasteiger charge is -2.07. The zero-order valence-electron chi connectivity index (χ0n) is 8.24. The van der Waals surface area contributed by atoms with Crippen molar-refractivity contribution in [3.63, 3.8) is 0 Å². The van der Waals surface area contributed by atoms with Gasteiger partial charge in [-0.05, 0) is 25.1 Å². The maximum Gasteiger partial charge on any atom is 0.129 e. The average molecular weight is 225 g/mol. The highest BCUT2D eigenvalue weighted by Crippen LogP contribution is 2.20. The van der Waals surface area contributed by atoms with E-state index in [1.165, 1.54) is 6.07 Å². The monoisotopic (exact) mass is 224 g/mol. The summed E-state index contributed by atoms with van der Waals surface area (Å²) in [5, 5.41) is 4.52. The molecule has 0 aliphatic carbocycles. The Bertz CT molecular complexity index is 459. The second-order valence-electron chi connectivity index (χ2n) is 3.33. The molecule has 0 saturated carbocycles. The molecule has 2 aromatic rings. The normalized spacial score (nSPS) is 10.6. The van der Waals surface area contributed by atoms with E-state index in [2.05, 4.69) is 5.10 Å². The molecule has 0 aliphatic heterocycles. The van der Waals surface area contributed by atoms with Gasteiger partial charge in [0.05, 0.1) is 6.54 Å². The number of hydrogen-bond acceptors (Lipinski definition) is 1. The summed E-state index contributed by atoms with van der Waals surface area (Å²) in [7, 11) is 0. The fourth-order valence-corrected chi connectivity index (χ4v) is 1.62. The number of hydrogen-bond donors (Lipinski definition) is 0. The summed E-state index contributed by atoms with van der Waals surface area (Å²) < 4.78 is 15.2. The molecule has 2 nitrogen and oxygen atoms in total. The number of halogens is 2. The van der Waals surface area contributed by atoms with Crippen molar-refractivity contribution in [3.05, 3.63) is 52.6 Å². The molecule has 0 N–H and O–H groups in total. The summed E-state index contributed by atoms with van der Waals surface area (Å²) in [6, 6.07) is 6.55. The van der Waals surface area contributed by atoms with Crippen LogP contribution in [0.25, 0.3) is 0 Å². The van der Waals surface area contributed by atoms with Gasteiger partial charge in [-0.3, -0.25) is 4.68 Å². The second-order valence-corrected chi connectivity index (χ2v) is 3.74. The topological polar surface area (TPSA) is 17.8 Å². The van der Waals surface area contributed by atoms with Gasteiger partial charge in [0.15, 0.2) is 0 Å². The highest BCUT2D eigenvalue weighted by Gasteiger charge is 2.08. The van der Waals surface area contributed by atoms with Gasteiger partial charge in [0, 0.05) is 22.5 Å². The molecule has 0 radical (unpaired) electrons. The van der Waals surface area contributed by atoms with Gasteiger partial charge in [-0.2, -0.15) is 5.10 Å². The fraction of sp³-hybridized carbons (Fsp3) is 0.182. The van der Waals surface area contributed by atoms with Gasteiger partial charge < -0.3 is 0 Å². The molecule has 0 fully saturated rings. The standard InChI is InChI=1S/C11H10ClFN2/c1-8-5-6-14-15(8)7-9-10(12)3-2-4-11(9)13/h2-6H,7H2,1H3. The lowest BCUT2D eigenvalue weighted by molar-refractivity contribution is 0.580. The third-order valence-corrected chi connectivity index (χ3v) is 2.65. The summed E-state index contributed by atoms with van der Waals surface area (Å²) in [6.07, 6.45) is 1.68. The van der Waals surface area contributed by atoms with Crippen LogP contribution in [0.5, 0.6) is 0 Å². The Balaban J connectivity index is 2.36. The zero-order valence-corrected chi connectivity index (χ0v) is 9.00. The van der Waals surface area contributed by atoms with Crippen LogP contribution in [0.15, 0.2) is 30.5 Å². The minimum atomic E-state index is -0.294. The molecule has 0 saturated heterocycles. The molecule has 0 atom stereocenters. The van der Waals surface area contributed by atoms with Crippen LogP contribution in [0, 0.1) is 12.7 Å². The predicted octanol–water partition coefficient (Wildman–Crippen LogP) is 3.03. The van der Waals surface area contributed by atoms with Gasteiger partial charge in [-0.25, -0.2) is 4.39 Å². The quantitative estimate of drug-likeness (QED) is 0.767. The maximum absolute atomic E-state index is 13.4. The SMILES string of the molecule is Cc1ccnn1Cc1c(F)cccc1Cl. The Kier molecular flexibility index (Phi) is 2.73. The average Bonchev–Trinajstić information content (AvgIpc) is 2.58. The third-order valence-electron chi connectivity index (χ3n) is 2.30. The zero-order chi connectivity index (χ0) is 10.8. The van der Waals surface area contributed by atoms with Crippen LogP contribution in [-0.2, 0) is 6.54 Å². The van der Waals surface area contributed by atoms with Crippen molar-refractivity contribution in [2.75, 3.05) is 0 Å². The largest absolute Gasteiger partial charge is 0.265 e. The first-order chi connectivity index (χ1) is 7.18. The fourth-order valence-electron chi connectivity index (χ4n) is 1.40. The van der Waals surface area contributed by atoms with E-state index in [0.29, 0.717) is 17.1 Å². The van der Waals surface area contributed by atoms with Crippen LogP contribution < -0.4 is 0 Å². The van der Waals surface area contributed by atoms with E-state index < -0.39 is 0 Å². The number of rotatable bonds is 2. The van der Waals surface area contributed by atoms with E-state index in [1.807, 2.05) is 13.0 Å². The smallest absolute Gasteiger partial charge is 0.129 e. The number of aryl methyl sites for hydroxylation is 1. The molecule has 78 valence electrons. The minimum Gasteiger partial charge on any atom is -0.265 e. The summed E-state index contributed by atoms with van der Waals surface area (Å²) in [5.74, 6) is -0.294. The predicted molar refractivity (Wildman–Crippen MR) is 57.5 cm³/mol. The van der Waals surface area contributed by atoms with E-state index >= 15 is 0 Å². The molecule has 1 aromatic heterocycles. The molecule has 1 heterocycles. The first kappa shape index (κ1) is 10.2. The van der Waals surface area contributed by atoms with Gasteiger partial charge in [-0.15, -0.1) is 0 Å². The first-order valence-electron chi connectivity index (χ1n) is 4.60. The molecule has 1 aromatic carbocycles. The molecule has 0 spiro atoms. The lowest BCUT2D eigenvalue weighted by atomic mass is 10.2. The Morgan fingerprint density at radius 1 is 1.40 bits per heavy atom. The first-order valence-corrected chi connectivity index (χ1v) is 4.97. The minimum absolute atomic E-state index is 0.294. The molecule has 4 heteroatoms. The number of benzene rings is 1. The number of aromatic nitrogens is 2. The van der Waals surface area contributed by atoms with Crippen LogP contribution >= 0.6 is 11.6 Å². The van der Waals surface area contributed by atoms with Gasteiger partial charge in [0.2, 0.25) is 0 Å². The number of nitrogens with zero attached hydrogens (tertiary/aromatic N) is 2. The van der Waals surface area contributed by atoms with E-state index in [9.17, 15) is 4.39 Å². The molecule has 0 unspecified atom stereocenters. The summed E-state index contributed by atoms with van der Waals surface area (Å²) >= 11 is 5.92. The van der Waals surface area contributed by atoms with E-state index in [0.717, 1.165) is 5.69 Å². The summed E-state index contributed by atoms with van der Waals surface area (Å²) in [5.41, 5.74) is 1.46. The van der Waals surface area contributed by atoms with Crippen LogP contribution in [0.4, 0.5) is 4.39 Å². The van der Waals surface area contributed by atoms with Crippen LogP contribution in [0.3, 0.4) is 0 Å².